The van der Waals surface area contributed by atoms with Crippen LogP contribution >= 0.6 is 0 Å². The smallest absolute Gasteiger partial charge is 0.161 e. The van der Waals surface area contributed by atoms with Gasteiger partial charge in [0.1, 0.15) is 6.10 Å². The molecule has 0 aromatic heterocycles. The summed E-state index contributed by atoms with van der Waals surface area (Å²) in [5.74, 6) is 0.148. The van der Waals surface area contributed by atoms with Gasteiger partial charge in [-0.25, -0.2) is 0 Å². The standard InChI is InChI=1S/C15H22O3/c1-3-17-11-12-18-13(2)15(16)10-9-14-7-5-4-6-8-14/h4-8,13H,3,9-12H2,1-2H3/t13-/m0/s1. The molecule has 1 aromatic rings. The maximum absolute atomic E-state index is 11.8. The van der Waals surface area contributed by atoms with Gasteiger partial charge in [0.25, 0.3) is 0 Å². The highest BCUT2D eigenvalue weighted by atomic mass is 16.5. The molecule has 1 aromatic carbocycles. The van der Waals surface area contributed by atoms with E-state index in [0.29, 0.717) is 26.2 Å². The Kier molecular flexibility index (Phi) is 7.30. The Bertz CT molecular complexity index is 335. The predicted octanol–water partition coefficient (Wildman–Crippen LogP) is 2.63. The van der Waals surface area contributed by atoms with E-state index in [1.807, 2.05) is 37.3 Å². The molecule has 0 aliphatic rings. The summed E-state index contributed by atoms with van der Waals surface area (Å²) in [7, 11) is 0. The van der Waals surface area contributed by atoms with Gasteiger partial charge in [0, 0.05) is 13.0 Å². The molecule has 18 heavy (non-hydrogen) atoms. The fraction of sp³-hybridized carbons (Fsp3) is 0.533. The average molecular weight is 250 g/mol. The van der Waals surface area contributed by atoms with Crippen molar-refractivity contribution >= 4 is 5.78 Å². The summed E-state index contributed by atoms with van der Waals surface area (Å²) in [6, 6.07) is 10.0. The van der Waals surface area contributed by atoms with Crippen LogP contribution in [-0.4, -0.2) is 31.7 Å². The van der Waals surface area contributed by atoms with Crippen LogP contribution in [0.15, 0.2) is 30.3 Å². The van der Waals surface area contributed by atoms with Crippen molar-refractivity contribution in [2.24, 2.45) is 0 Å². The lowest BCUT2D eigenvalue weighted by atomic mass is 10.1. The predicted molar refractivity (Wildman–Crippen MR) is 71.7 cm³/mol. The lowest BCUT2D eigenvalue weighted by Crippen LogP contribution is -2.23. The van der Waals surface area contributed by atoms with E-state index in [2.05, 4.69) is 0 Å². The van der Waals surface area contributed by atoms with Crippen LogP contribution in [0.1, 0.15) is 25.8 Å². The Morgan fingerprint density at radius 2 is 1.94 bits per heavy atom. The molecule has 0 radical (unpaired) electrons. The first-order chi connectivity index (χ1) is 8.74. The molecule has 3 heteroatoms. The minimum absolute atomic E-state index is 0.148. The van der Waals surface area contributed by atoms with Crippen molar-refractivity contribution < 1.29 is 14.3 Å². The molecule has 0 unspecified atom stereocenters. The van der Waals surface area contributed by atoms with Gasteiger partial charge in [0.15, 0.2) is 5.78 Å². The Morgan fingerprint density at radius 1 is 1.22 bits per heavy atom. The minimum Gasteiger partial charge on any atom is -0.379 e. The molecule has 0 spiro atoms. The Morgan fingerprint density at radius 3 is 2.61 bits per heavy atom. The molecule has 0 heterocycles. The molecule has 0 saturated carbocycles. The molecule has 3 nitrogen and oxygen atoms in total. The van der Waals surface area contributed by atoms with Crippen LogP contribution in [0.2, 0.25) is 0 Å². The molecule has 1 rings (SSSR count). The third kappa shape index (κ3) is 5.94. The van der Waals surface area contributed by atoms with Crippen molar-refractivity contribution in [1.29, 1.82) is 0 Å². The fourth-order valence-corrected chi connectivity index (χ4v) is 1.64. The zero-order valence-electron chi connectivity index (χ0n) is 11.2. The number of Topliss-reactive ketones (excluding diaryl/α,β-unsaturated/α-hetero) is 1. The fourth-order valence-electron chi connectivity index (χ4n) is 1.64. The van der Waals surface area contributed by atoms with Crippen molar-refractivity contribution in [2.75, 3.05) is 19.8 Å². The van der Waals surface area contributed by atoms with Crippen LogP contribution in [0, 0.1) is 0 Å². The quantitative estimate of drug-likeness (QED) is 0.632. The summed E-state index contributed by atoms with van der Waals surface area (Å²) in [4.78, 5) is 11.8. The highest BCUT2D eigenvalue weighted by Crippen LogP contribution is 2.05. The van der Waals surface area contributed by atoms with Crippen molar-refractivity contribution in [2.45, 2.75) is 32.8 Å². The SMILES string of the molecule is CCOCCO[C@@H](C)C(=O)CCc1ccccc1. The zero-order chi connectivity index (χ0) is 13.2. The van der Waals surface area contributed by atoms with Gasteiger partial charge < -0.3 is 9.47 Å². The molecule has 0 fully saturated rings. The molecule has 0 bridgehead atoms. The Hall–Kier alpha value is -1.19. The summed E-state index contributed by atoms with van der Waals surface area (Å²) in [5.41, 5.74) is 1.19. The molecule has 0 saturated heterocycles. The summed E-state index contributed by atoms with van der Waals surface area (Å²) < 4.78 is 10.6. The lowest BCUT2D eigenvalue weighted by molar-refractivity contribution is -0.130. The van der Waals surface area contributed by atoms with Crippen LogP contribution in [0.5, 0.6) is 0 Å². The topological polar surface area (TPSA) is 35.5 Å². The number of ether oxygens (including phenoxy) is 2. The molecule has 100 valence electrons. The second-order valence-electron chi connectivity index (χ2n) is 4.16. The molecule has 0 aliphatic heterocycles. The van der Waals surface area contributed by atoms with Crippen molar-refractivity contribution in [3.63, 3.8) is 0 Å². The van der Waals surface area contributed by atoms with Crippen LogP contribution < -0.4 is 0 Å². The van der Waals surface area contributed by atoms with Gasteiger partial charge in [-0.2, -0.15) is 0 Å². The van der Waals surface area contributed by atoms with Crippen LogP contribution in [0.3, 0.4) is 0 Å². The maximum atomic E-state index is 11.8. The third-order valence-corrected chi connectivity index (χ3v) is 2.76. The highest BCUT2D eigenvalue weighted by Gasteiger charge is 2.12. The van der Waals surface area contributed by atoms with E-state index in [0.717, 1.165) is 6.42 Å². The number of benzene rings is 1. The van der Waals surface area contributed by atoms with E-state index < -0.39 is 0 Å². The number of ketones is 1. The first-order valence-corrected chi connectivity index (χ1v) is 6.50. The summed E-state index contributed by atoms with van der Waals surface area (Å²) >= 11 is 0. The van der Waals surface area contributed by atoms with Gasteiger partial charge in [-0.15, -0.1) is 0 Å². The summed E-state index contributed by atoms with van der Waals surface area (Å²) in [5, 5.41) is 0. The van der Waals surface area contributed by atoms with Gasteiger partial charge in [-0.3, -0.25) is 4.79 Å². The van der Waals surface area contributed by atoms with Gasteiger partial charge in [-0.05, 0) is 25.8 Å². The van der Waals surface area contributed by atoms with Crippen molar-refractivity contribution in [3.8, 4) is 0 Å². The number of carbonyl (C=O) groups is 1. The van der Waals surface area contributed by atoms with E-state index in [1.54, 1.807) is 6.92 Å². The van der Waals surface area contributed by atoms with E-state index in [4.69, 9.17) is 9.47 Å². The zero-order valence-corrected chi connectivity index (χ0v) is 11.2. The molecular formula is C15H22O3. The normalized spacial score (nSPS) is 12.3. The molecule has 0 aliphatic carbocycles. The van der Waals surface area contributed by atoms with Gasteiger partial charge in [0.05, 0.1) is 13.2 Å². The maximum Gasteiger partial charge on any atom is 0.161 e. The molecular weight excluding hydrogens is 228 g/mol. The number of rotatable bonds is 9. The highest BCUT2D eigenvalue weighted by molar-refractivity contribution is 5.82. The molecule has 0 amide bonds. The molecule has 1 atom stereocenters. The average Bonchev–Trinajstić information content (AvgIpc) is 2.42. The number of carbonyl (C=O) groups excluding carboxylic acids is 1. The van der Waals surface area contributed by atoms with Crippen LogP contribution in [0.4, 0.5) is 0 Å². The third-order valence-electron chi connectivity index (χ3n) is 2.76. The van der Waals surface area contributed by atoms with Crippen molar-refractivity contribution in [3.05, 3.63) is 35.9 Å². The monoisotopic (exact) mass is 250 g/mol. The van der Waals surface area contributed by atoms with Gasteiger partial charge >= 0.3 is 0 Å². The van der Waals surface area contributed by atoms with Crippen LogP contribution in [0.25, 0.3) is 0 Å². The second kappa shape index (κ2) is 8.84. The first kappa shape index (κ1) is 14.9. The van der Waals surface area contributed by atoms with Gasteiger partial charge in [-0.1, -0.05) is 30.3 Å². The van der Waals surface area contributed by atoms with E-state index in [1.165, 1.54) is 5.56 Å². The molecule has 0 N–H and O–H groups in total. The van der Waals surface area contributed by atoms with Crippen LogP contribution in [-0.2, 0) is 20.7 Å². The first-order valence-electron chi connectivity index (χ1n) is 6.50. The van der Waals surface area contributed by atoms with Gasteiger partial charge in [0.2, 0.25) is 0 Å². The summed E-state index contributed by atoms with van der Waals surface area (Å²) in [6.07, 6.45) is 0.965. The van der Waals surface area contributed by atoms with E-state index in [9.17, 15) is 4.79 Å². The second-order valence-corrected chi connectivity index (χ2v) is 4.16. The van der Waals surface area contributed by atoms with E-state index >= 15 is 0 Å². The van der Waals surface area contributed by atoms with E-state index in [-0.39, 0.29) is 11.9 Å². The minimum atomic E-state index is -0.339. The largest absolute Gasteiger partial charge is 0.379 e. The number of hydrogen-bond acceptors (Lipinski definition) is 3. The van der Waals surface area contributed by atoms with Crippen molar-refractivity contribution in [1.82, 2.24) is 0 Å². The Balaban J connectivity index is 2.19. The Labute approximate surface area is 109 Å². The lowest BCUT2D eigenvalue weighted by Gasteiger charge is -2.12. The summed E-state index contributed by atoms with van der Waals surface area (Å²) in [6.45, 7) is 5.45. The number of aryl methyl sites for hydroxylation is 1. The number of hydrogen-bond donors (Lipinski definition) is 0.